The maximum Gasteiger partial charge on any atom is 0.422 e. The molecule has 4 rings (SSSR count). The molecule has 2 fully saturated rings. The smallest absolute Gasteiger partial charge is 0.422 e. The average molecular weight is 543 g/mol. The fourth-order valence-electron chi connectivity index (χ4n) is 4.71. The van der Waals surface area contributed by atoms with Crippen LogP contribution in [0.25, 0.3) is 11.1 Å². The van der Waals surface area contributed by atoms with E-state index in [4.69, 9.17) is 4.74 Å². The zero-order valence-electron chi connectivity index (χ0n) is 20.7. The first-order valence-electron chi connectivity index (χ1n) is 12.0. The van der Waals surface area contributed by atoms with Gasteiger partial charge in [-0.25, -0.2) is 18.6 Å². The molecule has 2 aliphatic rings. The molecule has 2 aromatic rings. The third kappa shape index (κ3) is 6.43. The Kier molecular flexibility index (Phi) is 7.39. The van der Waals surface area contributed by atoms with E-state index in [1.165, 1.54) is 0 Å². The quantitative estimate of drug-likeness (QED) is 0.417. The van der Waals surface area contributed by atoms with E-state index in [-0.39, 0.29) is 53.8 Å². The Morgan fingerprint density at radius 3 is 2.47 bits per heavy atom. The summed E-state index contributed by atoms with van der Waals surface area (Å²) in [6, 6.07) is 2.22. The highest BCUT2D eigenvalue weighted by molar-refractivity contribution is 6.04. The number of amides is 2. The Bertz CT molecular complexity index is 1220. The van der Waals surface area contributed by atoms with Crippen molar-refractivity contribution < 1.29 is 41.4 Å². The summed E-state index contributed by atoms with van der Waals surface area (Å²) in [5.41, 5.74) is -1.37. The summed E-state index contributed by atoms with van der Waals surface area (Å²) in [6.07, 6.45) is -2.78. The molecule has 1 aromatic carbocycles. The van der Waals surface area contributed by atoms with Crippen molar-refractivity contribution in [2.45, 2.75) is 50.9 Å². The number of ether oxygens (including phenoxy) is 1. The molecule has 2 amide bonds. The van der Waals surface area contributed by atoms with E-state index < -0.39 is 47.8 Å². The van der Waals surface area contributed by atoms with E-state index in [2.05, 4.69) is 15.6 Å². The summed E-state index contributed by atoms with van der Waals surface area (Å²) < 4.78 is 72.7. The molecule has 206 valence electrons. The lowest BCUT2D eigenvalue weighted by molar-refractivity contribution is -0.154. The SMILES string of the molecule is CC(NC(=O)c1cnc(OCC(F)(F)F)c(-c2cc(F)cc(F)c2)c1N1CC[C@](C)(NC(=O)O)C1)C1CC1. The van der Waals surface area contributed by atoms with Gasteiger partial charge < -0.3 is 25.4 Å². The lowest BCUT2D eigenvalue weighted by Crippen LogP contribution is -2.47. The molecule has 2 atom stereocenters. The third-order valence-electron chi connectivity index (χ3n) is 6.67. The first kappa shape index (κ1) is 27.4. The van der Waals surface area contributed by atoms with Crippen LogP contribution in [0.5, 0.6) is 5.88 Å². The van der Waals surface area contributed by atoms with Gasteiger partial charge in [-0.2, -0.15) is 13.2 Å². The van der Waals surface area contributed by atoms with Gasteiger partial charge in [-0.15, -0.1) is 0 Å². The van der Waals surface area contributed by atoms with E-state index >= 15 is 0 Å². The van der Waals surface area contributed by atoms with Gasteiger partial charge in [0.05, 0.1) is 22.4 Å². The molecule has 13 heteroatoms. The van der Waals surface area contributed by atoms with Gasteiger partial charge in [0.1, 0.15) is 11.6 Å². The van der Waals surface area contributed by atoms with Gasteiger partial charge in [0.25, 0.3) is 5.91 Å². The molecule has 38 heavy (non-hydrogen) atoms. The van der Waals surface area contributed by atoms with Crippen molar-refractivity contribution in [1.29, 1.82) is 0 Å². The molecule has 1 aromatic heterocycles. The number of rotatable bonds is 8. The highest BCUT2D eigenvalue weighted by Gasteiger charge is 2.39. The van der Waals surface area contributed by atoms with Crippen LogP contribution in [0, 0.1) is 17.6 Å². The van der Waals surface area contributed by atoms with Crippen LogP contribution in [-0.2, 0) is 0 Å². The monoisotopic (exact) mass is 542 g/mol. The molecule has 2 heterocycles. The molecule has 1 saturated carbocycles. The fourth-order valence-corrected chi connectivity index (χ4v) is 4.71. The molecule has 3 N–H and O–H groups in total. The average Bonchev–Trinajstić information content (AvgIpc) is 3.58. The van der Waals surface area contributed by atoms with Crippen LogP contribution in [0.1, 0.15) is 43.5 Å². The summed E-state index contributed by atoms with van der Waals surface area (Å²) in [7, 11) is 0. The number of hydrogen-bond donors (Lipinski definition) is 3. The second kappa shape index (κ2) is 10.3. The number of carbonyl (C=O) groups is 2. The zero-order valence-corrected chi connectivity index (χ0v) is 20.7. The van der Waals surface area contributed by atoms with Gasteiger partial charge >= 0.3 is 12.3 Å². The fraction of sp³-hybridized carbons (Fsp3) is 0.480. The van der Waals surface area contributed by atoms with Crippen LogP contribution in [0.15, 0.2) is 24.4 Å². The molecule has 0 spiro atoms. The van der Waals surface area contributed by atoms with Crippen molar-refractivity contribution in [1.82, 2.24) is 15.6 Å². The molecule has 8 nitrogen and oxygen atoms in total. The number of anilines is 1. The summed E-state index contributed by atoms with van der Waals surface area (Å²) in [4.78, 5) is 30.3. The molecule has 1 aliphatic heterocycles. The van der Waals surface area contributed by atoms with Crippen molar-refractivity contribution in [2.75, 3.05) is 24.6 Å². The van der Waals surface area contributed by atoms with E-state index in [0.29, 0.717) is 6.07 Å². The Morgan fingerprint density at radius 1 is 1.24 bits per heavy atom. The van der Waals surface area contributed by atoms with Gasteiger partial charge in [0, 0.05) is 31.4 Å². The van der Waals surface area contributed by atoms with Crippen LogP contribution in [0.2, 0.25) is 0 Å². The minimum Gasteiger partial charge on any atom is -0.468 e. The summed E-state index contributed by atoms with van der Waals surface area (Å²) in [5, 5.41) is 14.6. The van der Waals surface area contributed by atoms with E-state index in [0.717, 1.165) is 31.2 Å². The largest absolute Gasteiger partial charge is 0.468 e. The molecule has 0 bridgehead atoms. The summed E-state index contributed by atoms with van der Waals surface area (Å²) in [5.74, 6) is -2.86. The number of nitrogens with one attached hydrogen (secondary N) is 2. The van der Waals surface area contributed by atoms with Gasteiger partial charge in [-0.05, 0) is 56.7 Å². The van der Waals surface area contributed by atoms with Gasteiger partial charge in [0.2, 0.25) is 5.88 Å². The van der Waals surface area contributed by atoms with E-state index in [1.807, 2.05) is 6.92 Å². The Balaban J connectivity index is 1.88. The highest BCUT2D eigenvalue weighted by atomic mass is 19.4. The minimum atomic E-state index is -4.74. The number of benzene rings is 1. The molecular formula is C25H27F5N4O4. The van der Waals surface area contributed by atoms with Crippen molar-refractivity contribution in [3.05, 3.63) is 41.6 Å². The number of alkyl halides is 3. The number of carbonyl (C=O) groups excluding carboxylic acids is 1. The summed E-state index contributed by atoms with van der Waals surface area (Å²) in [6.45, 7) is 1.94. The number of halogens is 5. The Hall–Kier alpha value is -3.64. The maximum atomic E-state index is 14.3. The van der Waals surface area contributed by atoms with Crippen LogP contribution >= 0.6 is 0 Å². The first-order chi connectivity index (χ1) is 17.7. The van der Waals surface area contributed by atoms with Crippen LogP contribution in [-0.4, -0.2) is 59.5 Å². The van der Waals surface area contributed by atoms with Crippen LogP contribution in [0.3, 0.4) is 0 Å². The van der Waals surface area contributed by atoms with E-state index in [1.54, 1.807) is 11.8 Å². The molecule has 1 saturated heterocycles. The van der Waals surface area contributed by atoms with E-state index in [9.17, 15) is 36.6 Å². The Labute approximate surface area is 215 Å². The maximum absolute atomic E-state index is 14.3. The highest BCUT2D eigenvalue weighted by Crippen LogP contribution is 2.43. The lowest BCUT2D eigenvalue weighted by Gasteiger charge is -2.29. The lowest BCUT2D eigenvalue weighted by atomic mass is 9.99. The standard InChI is InChI=1S/C25H27F5N4O4/c1-13(14-3-4-14)32-21(35)18-10-31-22(38-12-25(28,29)30)19(15-7-16(26)9-17(27)8-15)20(18)34-6-5-24(2,11-34)33-23(36)37/h7-10,13-14,33H,3-6,11-12H2,1-2H3,(H,32,35)(H,36,37)/t13?,24-/m0/s1. The number of carboxylic acid groups (broad SMARTS) is 1. The Morgan fingerprint density at radius 2 is 1.89 bits per heavy atom. The molecule has 1 unspecified atom stereocenters. The zero-order chi connectivity index (χ0) is 27.8. The number of hydrogen-bond acceptors (Lipinski definition) is 5. The number of nitrogens with zero attached hydrogens (tertiary/aromatic N) is 2. The first-order valence-corrected chi connectivity index (χ1v) is 12.0. The second-order valence-corrected chi connectivity index (χ2v) is 10.0. The van der Waals surface area contributed by atoms with Crippen molar-refractivity contribution in [2.24, 2.45) is 5.92 Å². The second-order valence-electron chi connectivity index (χ2n) is 10.0. The van der Waals surface area contributed by atoms with Gasteiger partial charge in [-0.3, -0.25) is 4.79 Å². The summed E-state index contributed by atoms with van der Waals surface area (Å²) >= 11 is 0. The van der Waals surface area contributed by atoms with Crippen LogP contribution < -0.4 is 20.3 Å². The van der Waals surface area contributed by atoms with Crippen molar-refractivity contribution in [3.63, 3.8) is 0 Å². The predicted octanol–water partition coefficient (Wildman–Crippen LogP) is 4.73. The third-order valence-corrected chi connectivity index (χ3v) is 6.67. The predicted molar refractivity (Wildman–Crippen MR) is 127 cm³/mol. The van der Waals surface area contributed by atoms with Crippen molar-refractivity contribution in [3.8, 4) is 17.0 Å². The number of pyridine rings is 1. The number of aromatic nitrogens is 1. The van der Waals surface area contributed by atoms with Crippen molar-refractivity contribution >= 4 is 17.7 Å². The van der Waals surface area contributed by atoms with Gasteiger partial charge in [-0.1, -0.05) is 0 Å². The molecule has 1 aliphatic carbocycles. The van der Waals surface area contributed by atoms with Gasteiger partial charge in [0.15, 0.2) is 6.61 Å². The molecular weight excluding hydrogens is 515 g/mol. The minimum absolute atomic E-state index is 0.0191. The topological polar surface area (TPSA) is 104 Å². The molecule has 0 radical (unpaired) electrons. The van der Waals surface area contributed by atoms with Crippen LogP contribution in [0.4, 0.5) is 32.4 Å². The normalized spacial score (nSPS) is 20.2.